The standard InChI is InChI=1S/C15H28N2O3/c1-3-5-9-16(10-6-4-2)15(20)17-11-7-13(8-12-17)14(18)19/h13H,3-12H2,1-2H3,(H,18,19). The number of aliphatic carboxylic acids is 1. The number of urea groups is 1. The SMILES string of the molecule is CCCCN(CCCC)C(=O)N1CCC(C(=O)O)CC1. The second-order valence-electron chi connectivity index (χ2n) is 5.58. The molecule has 0 aliphatic carbocycles. The zero-order valence-electron chi connectivity index (χ0n) is 12.8. The molecule has 1 rings (SSSR count). The Morgan fingerprint density at radius 1 is 1.10 bits per heavy atom. The summed E-state index contributed by atoms with van der Waals surface area (Å²) >= 11 is 0. The number of likely N-dealkylation sites (tertiary alicyclic amines) is 1. The van der Waals surface area contributed by atoms with Crippen molar-refractivity contribution in [3.63, 3.8) is 0 Å². The van der Waals surface area contributed by atoms with Gasteiger partial charge in [0, 0.05) is 26.2 Å². The van der Waals surface area contributed by atoms with Gasteiger partial charge in [-0.1, -0.05) is 26.7 Å². The highest BCUT2D eigenvalue weighted by Gasteiger charge is 2.28. The maximum Gasteiger partial charge on any atom is 0.319 e. The summed E-state index contributed by atoms with van der Waals surface area (Å²) in [6, 6.07) is 0.0933. The maximum atomic E-state index is 12.5. The maximum absolute atomic E-state index is 12.5. The van der Waals surface area contributed by atoms with Crippen LogP contribution in [0.4, 0.5) is 4.79 Å². The first-order valence-corrected chi connectivity index (χ1v) is 7.86. The van der Waals surface area contributed by atoms with Crippen molar-refractivity contribution in [3.8, 4) is 0 Å². The molecule has 0 saturated carbocycles. The van der Waals surface area contributed by atoms with E-state index in [0.717, 1.165) is 38.8 Å². The van der Waals surface area contributed by atoms with Gasteiger partial charge in [-0.3, -0.25) is 4.79 Å². The van der Waals surface area contributed by atoms with Crippen LogP contribution in [0.5, 0.6) is 0 Å². The van der Waals surface area contributed by atoms with E-state index in [4.69, 9.17) is 5.11 Å². The molecule has 1 aliphatic heterocycles. The molecule has 2 amide bonds. The fraction of sp³-hybridized carbons (Fsp3) is 0.867. The van der Waals surface area contributed by atoms with E-state index in [1.54, 1.807) is 0 Å². The van der Waals surface area contributed by atoms with Gasteiger partial charge in [-0.15, -0.1) is 0 Å². The van der Waals surface area contributed by atoms with Gasteiger partial charge in [0.25, 0.3) is 0 Å². The van der Waals surface area contributed by atoms with Crippen molar-refractivity contribution in [1.82, 2.24) is 9.80 Å². The molecule has 116 valence electrons. The lowest BCUT2D eigenvalue weighted by molar-refractivity contribution is -0.143. The van der Waals surface area contributed by atoms with E-state index in [-0.39, 0.29) is 11.9 Å². The summed E-state index contributed by atoms with van der Waals surface area (Å²) in [6.45, 7) is 7.03. The summed E-state index contributed by atoms with van der Waals surface area (Å²) in [5.74, 6) is -1.01. The number of nitrogens with zero attached hydrogens (tertiary/aromatic N) is 2. The molecular formula is C15H28N2O3. The number of carbonyl (C=O) groups excluding carboxylic acids is 1. The molecule has 0 unspecified atom stereocenters. The summed E-state index contributed by atoms with van der Waals surface area (Å²) < 4.78 is 0. The van der Waals surface area contributed by atoms with E-state index < -0.39 is 5.97 Å². The van der Waals surface area contributed by atoms with Crippen molar-refractivity contribution < 1.29 is 14.7 Å². The minimum absolute atomic E-state index is 0.0933. The molecule has 0 radical (unpaired) electrons. The average Bonchev–Trinajstić information content (AvgIpc) is 2.47. The molecule has 1 heterocycles. The first-order chi connectivity index (χ1) is 9.60. The minimum atomic E-state index is -0.731. The lowest BCUT2D eigenvalue weighted by atomic mass is 9.97. The summed E-state index contributed by atoms with van der Waals surface area (Å²) in [4.78, 5) is 27.2. The Hall–Kier alpha value is -1.26. The smallest absolute Gasteiger partial charge is 0.319 e. The Morgan fingerprint density at radius 2 is 1.60 bits per heavy atom. The highest BCUT2D eigenvalue weighted by molar-refractivity contribution is 5.75. The van der Waals surface area contributed by atoms with Gasteiger partial charge < -0.3 is 14.9 Å². The number of rotatable bonds is 7. The van der Waals surface area contributed by atoms with Crippen LogP contribution in [0.15, 0.2) is 0 Å². The van der Waals surface area contributed by atoms with Crippen LogP contribution in [-0.2, 0) is 4.79 Å². The topological polar surface area (TPSA) is 60.9 Å². The van der Waals surface area contributed by atoms with Gasteiger partial charge >= 0.3 is 12.0 Å². The third-order valence-corrected chi connectivity index (χ3v) is 3.95. The molecule has 0 atom stereocenters. The van der Waals surface area contributed by atoms with Crippen LogP contribution in [-0.4, -0.2) is 53.1 Å². The fourth-order valence-electron chi connectivity index (χ4n) is 2.52. The quantitative estimate of drug-likeness (QED) is 0.782. The van der Waals surface area contributed by atoms with Crippen LogP contribution < -0.4 is 0 Å². The van der Waals surface area contributed by atoms with E-state index in [1.165, 1.54) is 0 Å². The first-order valence-electron chi connectivity index (χ1n) is 7.86. The Morgan fingerprint density at radius 3 is 2.00 bits per heavy atom. The summed E-state index contributed by atoms with van der Waals surface area (Å²) in [5.41, 5.74) is 0. The summed E-state index contributed by atoms with van der Waals surface area (Å²) in [6.07, 6.45) is 5.38. The molecule has 20 heavy (non-hydrogen) atoms. The van der Waals surface area contributed by atoms with Crippen LogP contribution in [0.2, 0.25) is 0 Å². The van der Waals surface area contributed by atoms with Gasteiger partial charge in [0.1, 0.15) is 0 Å². The Labute approximate surface area is 121 Å². The van der Waals surface area contributed by atoms with Crippen molar-refractivity contribution >= 4 is 12.0 Å². The molecule has 0 aromatic heterocycles. The molecule has 1 fully saturated rings. The molecule has 0 bridgehead atoms. The van der Waals surface area contributed by atoms with Crippen LogP contribution in [0.25, 0.3) is 0 Å². The Kier molecular flexibility index (Phi) is 7.41. The molecule has 0 aromatic rings. The largest absolute Gasteiger partial charge is 0.481 e. The van der Waals surface area contributed by atoms with E-state index in [2.05, 4.69) is 13.8 Å². The van der Waals surface area contributed by atoms with Crippen molar-refractivity contribution in [3.05, 3.63) is 0 Å². The third kappa shape index (κ3) is 5.02. The molecule has 5 heteroatoms. The first kappa shape index (κ1) is 16.8. The summed E-state index contributed by atoms with van der Waals surface area (Å²) in [7, 11) is 0. The van der Waals surface area contributed by atoms with Gasteiger partial charge in [0.15, 0.2) is 0 Å². The van der Waals surface area contributed by atoms with E-state index in [9.17, 15) is 9.59 Å². The predicted molar refractivity (Wildman–Crippen MR) is 78.7 cm³/mol. The van der Waals surface area contributed by atoms with Crippen LogP contribution >= 0.6 is 0 Å². The van der Waals surface area contributed by atoms with Gasteiger partial charge in [0.05, 0.1) is 5.92 Å². The Balaban J connectivity index is 2.49. The van der Waals surface area contributed by atoms with Crippen molar-refractivity contribution in [2.45, 2.75) is 52.4 Å². The van der Waals surface area contributed by atoms with Gasteiger partial charge in [-0.25, -0.2) is 4.79 Å². The highest BCUT2D eigenvalue weighted by atomic mass is 16.4. The van der Waals surface area contributed by atoms with Crippen molar-refractivity contribution in [2.24, 2.45) is 5.92 Å². The number of carbonyl (C=O) groups is 2. The van der Waals surface area contributed by atoms with Crippen molar-refractivity contribution in [1.29, 1.82) is 0 Å². The average molecular weight is 284 g/mol. The van der Waals surface area contributed by atoms with Crippen molar-refractivity contribution in [2.75, 3.05) is 26.2 Å². The molecule has 1 aliphatic rings. The number of carboxylic acids is 1. The summed E-state index contributed by atoms with van der Waals surface area (Å²) in [5, 5.41) is 8.99. The highest BCUT2D eigenvalue weighted by Crippen LogP contribution is 2.18. The fourth-order valence-corrected chi connectivity index (χ4v) is 2.52. The number of hydrogen-bond donors (Lipinski definition) is 1. The molecule has 1 N–H and O–H groups in total. The number of hydrogen-bond acceptors (Lipinski definition) is 2. The molecule has 0 aromatic carbocycles. The van der Waals surface area contributed by atoms with E-state index in [0.29, 0.717) is 25.9 Å². The molecular weight excluding hydrogens is 256 g/mol. The molecule has 1 saturated heterocycles. The second-order valence-corrected chi connectivity index (χ2v) is 5.58. The van der Waals surface area contributed by atoms with Gasteiger partial charge in [-0.05, 0) is 25.7 Å². The number of unbranched alkanes of at least 4 members (excludes halogenated alkanes) is 2. The monoisotopic (exact) mass is 284 g/mol. The number of amides is 2. The second kappa shape index (κ2) is 8.82. The number of carboxylic acid groups (broad SMARTS) is 1. The zero-order valence-corrected chi connectivity index (χ0v) is 12.8. The van der Waals surface area contributed by atoms with Gasteiger partial charge in [-0.2, -0.15) is 0 Å². The molecule has 0 spiro atoms. The van der Waals surface area contributed by atoms with Crippen LogP contribution in [0, 0.1) is 5.92 Å². The molecule has 5 nitrogen and oxygen atoms in total. The zero-order chi connectivity index (χ0) is 15.0. The minimum Gasteiger partial charge on any atom is -0.481 e. The van der Waals surface area contributed by atoms with E-state index in [1.807, 2.05) is 9.80 Å². The lowest BCUT2D eigenvalue weighted by Gasteiger charge is -2.34. The van der Waals surface area contributed by atoms with Crippen LogP contribution in [0.1, 0.15) is 52.4 Å². The van der Waals surface area contributed by atoms with E-state index >= 15 is 0 Å². The lowest BCUT2D eigenvalue weighted by Crippen LogP contribution is -2.48. The Bertz CT molecular complexity index is 304. The third-order valence-electron chi connectivity index (χ3n) is 3.95. The van der Waals surface area contributed by atoms with Gasteiger partial charge in [0.2, 0.25) is 0 Å². The number of piperidine rings is 1. The van der Waals surface area contributed by atoms with Crippen LogP contribution in [0.3, 0.4) is 0 Å². The normalized spacial score (nSPS) is 16.2. The predicted octanol–water partition coefficient (Wildman–Crippen LogP) is 2.81.